The van der Waals surface area contributed by atoms with E-state index in [1.54, 1.807) is 6.07 Å². The van der Waals surface area contributed by atoms with E-state index < -0.39 is 12.1 Å². The van der Waals surface area contributed by atoms with Crippen LogP contribution in [0.1, 0.15) is 8.22 Å². The maximum Gasteiger partial charge on any atom is 0.143 e. The molecular weight excluding hydrogens is 689 g/mol. The molecule has 0 amide bonds. The summed E-state index contributed by atoms with van der Waals surface area (Å²) in [5.74, 6) is 0. The second-order valence-corrected chi connectivity index (χ2v) is 14.6. The van der Waals surface area contributed by atoms with Gasteiger partial charge in [-0.15, -0.1) is 0 Å². The third-order valence-corrected chi connectivity index (χ3v) is 11.6. The molecule has 12 aromatic rings. The predicted octanol–water partition coefficient (Wildman–Crippen LogP) is 16.0. The number of hydrogen-bond donors (Lipinski definition) is 0. The molecule has 0 aliphatic carbocycles. The van der Waals surface area contributed by atoms with Crippen LogP contribution in [0.25, 0.3) is 120 Å². The molecule has 1 nitrogen and oxygen atoms in total. The monoisotopic (exact) mass is 728 g/mol. The first kappa shape index (κ1) is 26.3. The van der Waals surface area contributed by atoms with Gasteiger partial charge in [-0.25, -0.2) is 0 Å². The second-order valence-electron chi connectivity index (χ2n) is 14.6. The van der Waals surface area contributed by atoms with Crippen LogP contribution in [0, 0.1) is 0 Å². The van der Waals surface area contributed by atoms with Gasteiger partial charge in [-0.1, -0.05) is 188 Å². The Hall–Kier alpha value is -7.48. The highest BCUT2D eigenvalue weighted by Gasteiger charge is 2.21. The van der Waals surface area contributed by atoms with Gasteiger partial charge < -0.3 is 4.42 Å². The van der Waals surface area contributed by atoms with Crippen LogP contribution in [0.5, 0.6) is 0 Å². The minimum Gasteiger partial charge on any atom is -0.455 e. The van der Waals surface area contributed by atoms with Gasteiger partial charge in [0.15, 0.2) is 0 Å². The van der Waals surface area contributed by atoms with Crippen molar-refractivity contribution in [1.29, 1.82) is 0 Å². The zero-order valence-electron chi connectivity index (χ0n) is 36.6. The first-order chi connectivity index (χ1) is 30.8. The van der Waals surface area contributed by atoms with Crippen LogP contribution < -0.4 is 0 Å². The molecule has 11 aromatic carbocycles. The van der Waals surface area contributed by atoms with E-state index in [-0.39, 0.29) is 34.9 Å². The van der Waals surface area contributed by atoms with E-state index in [4.69, 9.17) is 11.3 Å². The van der Waals surface area contributed by atoms with Gasteiger partial charge in [0.05, 0.1) is 8.22 Å². The van der Waals surface area contributed by atoms with Crippen molar-refractivity contribution in [2.24, 2.45) is 0 Å². The molecule has 0 radical (unpaired) electrons. The Kier molecular flexibility index (Phi) is 5.79. The van der Waals surface area contributed by atoms with Crippen molar-refractivity contribution in [3.05, 3.63) is 206 Å². The molecular formula is C56H34O. The van der Waals surface area contributed by atoms with Crippen molar-refractivity contribution in [2.75, 3.05) is 0 Å². The van der Waals surface area contributed by atoms with E-state index in [2.05, 4.69) is 127 Å². The van der Waals surface area contributed by atoms with Crippen molar-refractivity contribution in [3.63, 3.8) is 0 Å². The number of furan rings is 1. The minimum absolute atomic E-state index is 0.0355. The fourth-order valence-electron chi connectivity index (χ4n) is 9.10. The summed E-state index contributed by atoms with van der Waals surface area (Å²) in [4.78, 5) is 0. The Morgan fingerprint density at radius 3 is 1.70 bits per heavy atom. The highest BCUT2D eigenvalue weighted by Crippen LogP contribution is 2.48. The lowest BCUT2D eigenvalue weighted by Crippen LogP contribution is -1.93. The summed E-state index contributed by atoms with van der Waals surface area (Å²) in [5.41, 5.74) is 9.22. The van der Waals surface area contributed by atoms with Crippen LogP contribution in [0.2, 0.25) is 0 Å². The first-order valence-corrected chi connectivity index (χ1v) is 19.2. The standard InChI is InChI=1S/C56H34O/c1-2-15-38-33-40(30-29-35(38)13-1)54-43-20-5-7-22-45(43)55(46-23-8-6-21-44(46)54)50-28-11-18-37-17-10-25-47(53(37)50)48-26-12-27-49-51-34-39(31-32-52(51)57-56(48)49)42-24-9-16-36-14-3-4-19-41(36)42/h1-34H/i1D,2D,13D,15D,29D,33D. The number of hydrogen-bond acceptors (Lipinski definition) is 1. The van der Waals surface area contributed by atoms with Gasteiger partial charge in [0.2, 0.25) is 0 Å². The Bertz CT molecular complexity index is 3870. The normalized spacial score (nSPS) is 13.3. The number of para-hydroxylation sites is 1. The van der Waals surface area contributed by atoms with Crippen LogP contribution in [-0.4, -0.2) is 0 Å². The van der Waals surface area contributed by atoms with Gasteiger partial charge in [0.25, 0.3) is 0 Å². The highest BCUT2D eigenvalue weighted by molar-refractivity contribution is 6.25. The van der Waals surface area contributed by atoms with E-state index in [1.165, 1.54) is 16.3 Å². The lowest BCUT2D eigenvalue weighted by Gasteiger charge is -2.20. The summed E-state index contributed by atoms with van der Waals surface area (Å²) >= 11 is 0. The molecule has 0 spiro atoms. The molecule has 1 heteroatoms. The van der Waals surface area contributed by atoms with E-state index in [0.29, 0.717) is 5.56 Å². The molecule has 0 fully saturated rings. The van der Waals surface area contributed by atoms with Crippen molar-refractivity contribution >= 4 is 75.8 Å². The molecule has 0 atom stereocenters. The predicted molar refractivity (Wildman–Crippen MR) is 243 cm³/mol. The average Bonchev–Trinajstić information content (AvgIpc) is 3.70. The van der Waals surface area contributed by atoms with Crippen molar-refractivity contribution < 1.29 is 12.6 Å². The largest absolute Gasteiger partial charge is 0.455 e. The van der Waals surface area contributed by atoms with Crippen LogP contribution in [0.15, 0.2) is 211 Å². The molecule has 0 aliphatic heterocycles. The van der Waals surface area contributed by atoms with Gasteiger partial charge in [0.1, 0.15) is 11.2 Å². The number of benzene rings is 11. The van der Waals surface area contributed by atoms with Gasteiger partial charge in [0, 0.05) is 16.3 Å². The van der Waals surface area contributed by atoms with Gasteiger partial charge in [-0.3, -0.25) is 0 Å². The summed E-state index contributed by atoms with van der Waals surface area (Å²) in [6, 6.07) is 57.0. The fraction of sp³-hybridized carbons (Fsp3) is 0. The molecule has 0 aliphatic rings. The lowest BCUT2D eigenvalue weighted by atomic mass is 9.83. The van der Waals surface area contributed by atoms with Gasteiger partial charge >= 0.3 is 0 Å². The number of fused-ring (bicyclic) bond motifs is 8. The van der Waals surface area contributed by atoms with Gasteiger partial charge in [-0.05, 0) is 111 Å². The van der Waals surface area contributed by atoms with Gasteiger partial charge in [-0.2, -0.15) is 0 Å². The maximum atomic E-state index is 9.53. The molecule has 1 aromatic heterocycles. The summed E-state index contributed by atoms with van der Waals surface area (Å²) in [6.45, 7) is 0. The van der Waals surface area contributed by atoms with Crippen molar-refractivity contribution in [2.45, 2.75) is 0 Å². The average molecular weight is 729 g/mol. The topological polar surface area (TPSA) is 13.1 Å². The number of rotatable bonds is 4. The summed E-state index contributed by atoms with van der Waals surface area (Å²) in [6.07, 6.45) is 0. The van der Waals surface area contributed by atoms with Crippen LogP contribution in [0.3, 0.4) is 0 Å². The molecule has 57 heavy (non-hydrogen) atoms. The Labute approximate surface area is 338 Å². The highest BCUT2D eigenvalue weighted by atomic mass is 16.3. The second kappa shape index (κ2) is 12.5. The molecule has 0 bridgehead atoms. The molecule has 0 unspecified atom stereocenters. The molecule has 264 valence electrons. The van der Waals surface area contributed by atoms with E-state index >= 15 is 0 Å². The van der Waals surface area contributed by atoms with E-state index in [0.717, 1.165) is 87.6 Å². The third-order valence-electron chi connectivity index (χ3n) is 11.6. The Balaban J connectivity index is 1.12. The zero-order valence-corrected chi connectivity index (χ0v) is 30.6. The third kappa shape index (κ3) is 4.89. The SMILES string of the molecule is [2H]c1c([2H])c([2H])c2c([2H])c(-c3c4ccccc4c(-c4cccc5cccc(-c6cccc7c6oc6ccc(-c8cccc9ccccc89)cc67)c45)c4ccccc34)cc([2H])c2c1[2H]. The first-order valence-electron chi connectivity index (χ1n) is 22.2. The minimum atomic E-state index is -0.418. The van der Waals surface area contributed by atoms with Crippen molar-refractivity contribution in [1.82, 2.24) is 0 Å². The van der Waals surface area contributed by atoms with Crippen LogP contribution >= 0.6 is 0 Å². The summed E-state index contributed by atoms with van der Waals surface area (Å²) in [5, 5.41) is 10.4. The smallest absolute Gasteiger partial charge is 0.143 e. The van der Waals surface area contributed by atoms with E-state index in [9.17, 15) is 1.37 Å². The summed E-state index contributed by atoms with van der Waals surface area (Å²) in [7, 11) is 0. The zero-order chi connectivity index (χ0) is 42.7. The summed E-state index contributed by atoms with van der Waals surface area (Å²) < 4.78 is 59.6. The lowest BCUT2D eigenvalue weighted by molar-refractivity contribution is 0.670. The molecule has 12 rings (SSSR count). The Morgan fingerprint density at radius 2 is 0.930 bits per heavy atom. The van der Waals surface area contributed by atoms with Crippen LogP contribution in [-0.2, 0) is 0 Å². The van der Waals surface area contributed by atoms with Crippen LogP contribution in [0.4, 0.5) is 0 Å². The Morgan fingerprint density at radius 1 is 0.351 bits per heavy atom. The van der Waals surface area contributed by atoms with Crippen molar-refractivity contribution in [3.8, 4) is 44.5 Å². The maximum absolute atomic E-state index is 9.53. The molecule has 1 heterocycles. The quantitative estimate of drug-likeness (QED) is 0.165. The molecule has 0 N–H and O–H groups in total. The fourth-order valence-corrected chi connectivity index (χ4v) is 9.10. The molecule has 0 saturated heterocycles. The molecule has 0 saturated carbocycles. The van der Waals surface area contributed by atoms with E-state index in [1.807, 2.05) is 36.4 Å².